The fraction of sp³-hybridized carbons (Fsp3) is 0.500. The highest BCUT2D eigenvalue weighted by atomic mass is 16.3. The van der Waals surface area contributed by atoms with E-state index in [-0.39, 0.29) is 6.10 Å². The largest absolute Gasteiger partial charge is 0.393 e. The van der Waals surface area contributed by atoms with Gasteiger partial charge in [0.1, 0.15) is 11.5 Å². The van der Waals surface area contributed by atoms with Crippen molar-refractivity contribution in [3.05, 3.63) is 51.6 Å². The molecule has 1 N–H and O–H groups in total. The maximum Gasteiger partial charge on any atom is 0.148 e. The number of fused-ring (bicyclic) bond motifs is 1. The van der Waals surface area contributed by atoms with Crippen LogP contribution in [0.2, 0.25) is 0 Å². The molecule has 0 saturated carbocycles. The van der Waals surface area contributed by atoms with Gasteiger partial charge in [0.15, 0.2) is 0 Å². The lowest BCUT2D eigenvalue weighted by Crippen LogP contribution is -2.09. The molecule has 4 nitrogen and oxygen atoms in total. The lowest BCUT2D eigenvalue weighted by Gasteiger charge is -2.16. The van der Waals surface area contributed by atoms with Crippen LogP contribution in [0.25, 0.3) is 16.7 Å². The zero-order chi connectivity index (χ0) is 20.6. The average molecular weight is 380 g/mol. The molecule has 4 heteroatoms. The standard InChI is InChI=1S/C24H33N3O/c1-8-9-20(28)10-11-21-22-17(5)18(6)27(24(22)26-19(7)25-21)23-15(3)12-14(2)13-16(23)4/h12-13,20,28H,8-11H2,1-7H3. The van der Waals surface area contributed by atoms with Crippen LogP contribution in [0.3, 0.4) is 0 Å². The molecule has 3 aromatic rings. The van der Waals surface area contributed by atoms with E-state index in [1.807, 2.05) is 6.92 Å². The molecule has 0 fully saturated rings. The van der Waals surface area contributed by atoms with Gasteiger partial charge in [-0.3, -0.25) is 4.57 Å². The predicted octanol–water partition coefficient (Wildman–Crippen LogP) is 5.36. The Labute approximate surface area is 168 Å². The molecule has 1 aromatic carbocycles. The SMILES string of the molecule is CCCC(O)CCc1nc(C)nc2c1c(C)c(C)n2-c1c(C)cc(C)cc1C. The minimum absolute atomic E-state index is 0.264. The maximum absolute atomic E-state index is 10.2. The van der Waals surface area contributed by atoms with Crippen LogP contribution < -0.4 is 0 Å². The van der Waals surface area contributed by atoms with Gasteiger partial charge in [-0.05, 0) is 77.5 Å². The second-order valence-corrected chi connectivity index (χ2v) is 8.19. The minimum atomic E-state index is -0.264. The molecular formula is C24H33N3O. The van der Waals surface area contributed by atoms with E-state index in [2.05, 4.69) is 58.2 Å². The molecule has 1 atom stereocenters. The molecule has 0 aliphatic carbocycles. The molecule has 0 aliphatic heterocycles. The zero-order valence-corrected chi connectivity index (χ0v) is 18.3. The van der Waals surface area contributed by atoms with Crippen molar-refractivity contribution in [2.75, 3.05) is 0 Å². The van der Waals surface area contributed by atoms with Crippen molar-refractivity contribution >= 4 is 11.0 Å². The number of aryl methyl sites for hydroxylation is 6. The molecule has 0 aliphatic rings. The number of hydrogen-bond acceptors (Lipinski definition) is 3. The topological polar surface area (TPSA) is 50.9 Å². The molecule has 0 spiro atoms. The number of aromatic nitrogens is 3. The highest BCUT2D eigenvalue weighted by Gasteiger charge is 2.21. The van der Waals surface area contributed by atoms with E-state index in [1.54, 1.807) is 0 Å². The molecule has 3 rings (SSSR count). The number of rotatable bonds is 6. The number of hydrogen-bond donors (Lipinski definition) is 1. The summed E-state index contributed by atoms with van der Waals surface area (Å²) < 4.78 is 2.30. The monoisotopic (exact) mass is 379 g/mol. The van der Waals surface area contributed by atoms with Crippen LogP contribution in [0.4, 0.5) is 0 Å². The van der Waals surface area contributed by atoms with Gasteiger partial charge in [-0.2, -0.15) is 0 Å². The van der Waals surface area contributed by atoms with E-state index < -0.39 is 0 Å². The summed E-state index contributed by atoms with van der Waals surface area (Å²) in [5.41, 5.74) is 9.49. The maximum atomic E-state index is 10.2. The zero-order valence-electron chi connectivity index (χ0n) is 18.3. The van der Waals surface area contributed by atoms with Crippen LogP contribution in [0.5, 0.6) is 0 Å². The molecule has 2 aromatic heterocycles. The average Bonchev–Trinajstić information content (AvgIpc) is 2.84. The minimum Gasteiger partial charge on any atom is -0.393 e. The van der Waals surface area contributed by atoms with E-state index in [4.69, 9.17) is 9.97 Å². The van der Waals surface area contributed by atoms with E-state index in [1.165, 1.54) is 33.6 Å². The lowest BCUT2D eigenvalue weighted by molar-refractivity contribution is 0.154. The van der Waals surface area contributed by atoms with Crippen molar-refractivity contribution in [2.24, 2.45) is 0 Å². The second-order valence-electron chi connectivity index (χ2n) is 8.19. The second kappa shape index (κ2) is 8.04. The Bertz CT molecular complexity index is 994. The highest BCUT2D eigenvalue weighted by molar-refractivity contribution is 5.86. The van der Waals surface area contributed by atoms with E-state index in [0.717, 1.165) is 48.2 Å². The third-order valence-electron chi connectivity index (χ3n) is 5.74. The quantitative estimate of drug-likeness (QED) is 0.627. The van der Waals surface area contributed by atoms with Crippen LogP contribution >= 0.6 is 0 Å². The van der Waals surface area contributed by atoms with E-state index in [0.29, 0.717) is 0 Å². The smallest absolute Gasteiger partial charge is 0.148 e. The van der Waals surface area contributed by atoms with Crippen LogP contribution in [-0.2, 0) is 6.42 Å². The molecule has 1 unspecified atom stereocenters. The Balaban J connectivity index is 2.21. The summed E-state index contributed by atoms with van der Waals surface area (Å²) in [6.45, 7) is 14.9. The Kier molecular flexibility index (Phi) is 5.90. The summed E-state index contributed by atoms with van der Waals surface area (Å²) >= 11 is 0. The first-order chi connectivity index (χ1) is 13.2. The Hall–Kier alpha value is -2.20. The van der Waals surface area contributed by atoms with Crippen LogP contribution in [0.1, 0.15) is 65.7 Å². The van der Waals surface area contributed by atoms with Gasteiger partial charge in [-0.1, -0.05) is 31.0 Å². The van der Waals surface area contributed by atoms with Gasteiger partial charge in [0.05, 0.1) is 17.5 Å². The van der Waals surface area contributed by atoms with Gasteiger partial charge in [0, 0.05) is 11.1 Å². The first-order valence-corrected chi connectivity index (χ1v) is 10.4. The van der Waals surface area contributed by atoms with Gasteiger partial charge in [0.2, 0.25) is 0 Å². The summed E-state index contributed by atoms with van der Waals surface area (Å²) in [5, 5.41) is 11.4. The van der Waals surface area contributed by atoms with Crippen LogP contribution in [0, 0.1) is 41.5 Å². The summed E-state index contributed by atoms with van der Waals surface area (Å²) in [7, 11) is 0. The van der Waals surface area contributed by atoms with E-state index >= 15 is 0 Å². The predicted molar refractivity (Wildman–Crippen MR) is 117 cm³/mol. The number of nitrogens with zero attached hydrogens (tertiary/aromatic N) is 3. The molecule has 0 amide bonds. The fourth-order valence-corrected chi connectivity index (χ4v) is 4.43. The van der Waals surface area contributed by atoms with Gasteiger partial charge in [0.25, 0.3) is 0 Å². The van der Waals surface area contributed by atoms with Crippen LogP contribution in [0.15, 0.2) is 12.1 Å². The molecule has 0 saturated heterocycles. The normalized spacial score (nSPS) is 12.7. The molecule has 0 radical (unpaired) electrons. The first-order valence-electron chi connectivity index (χ1n) is 10.4. The fourth-order valence-electron chi connectivity index (χ4n) is 4.43. The molecular weight excluding hydrogens is 346 g/mol. The van der Waals surface area contributed by atoms with Crippen molar-refractivity contribution in [1.82, 2.24) is 14.5 Å². The van der Waals surface area contributed by atoms with Gasteiger partial charge in [-0.25, -0.2) is 9.97 Å². The summed E-state index contributed by atoms with van der Waals surface area (Å²) in [6.07, 6.45) is 3.09. The molecule has 0 bridgehead atoms. The van der Waals surface area contributed by atoms with Crippen molar-refractivity contribution in [3.63, 3.8) is 0 Å². The number of aliphatic hydroxyl groups is 1. The number of aliphatic hydroxyl groups excluding tert-OH is 1. The van der Waals surface area contributed by atoms with Gasteiger partial charge in [-0.15, -0.1) is 0 Å². The Morgan fingerprint density at radius 1 is 0.964 bits per heavy atom. The summed E-state index contributed by atoms with van der Waals surface area (Å²) in [6, 6.07) is 4.47. The summed E-state index contributed by atoms with van der Waals surface area (Å²) in [4.78, 5) is 9.62. The molecule has 150 valence electrons. The third kappa shape index (κ3) is 3.70. The number of benzene rings is 1. The van der Waals surface area contributed by atoms with Gasteiger partial charge < -0.3 is 5.11 Å². The van der Waals surface area contributed by atoms with Crippen molar-refractivity contribution in [2.45, 2.75) is 80.3 Å². The Morgan fingerprint density at radius 2 is 1.61 bits per heavy atom. The van der Waals surface area contributed by atoms with E-state index in [9.17, 15) is 5.11 Å². The third-order valence-corrected chi connectivity index (χ3v) is 5.74. The van der Waals surface area contributed by atoms with Crippen molar-refractivity contribution in [1.29, 1.82) is 0 Å². The Morgan fingerprint density at radius 3 is 2.21 bits per heavy atom. The lowest BCUT2D eigenvalue weighted by atomic mass is 10.0. The highest BCUT2D eigenvalue weighted by Crippen LogP contribution is 2.33. The molecule has 2 heterocycles. The van der Waals surface area contributed by atoms with Crippen molar-refractivity contribution < 1.29 is 5.11 Å². The van der Waals surface area contributed by atoms with Crippen LogP contribution in [-0.4, -0.2) is 25.7 Å². The molecule has 28 heavy (non-hydrogen) atoms. The summed E-state index contributed by atoms with van der Waals surface area (Å²) in [5.74, 6) is 0.786. The van der Waals surface area contributed by atoms with Crippen molar-refractivity contribution in [3.8, 4) is 5.69 Å². The van der Waals surface area contributed by atoms with Gasteiger partial charge >= 0.3 is 0 Å². The first kappa shape index (κ1) is 20.5.